The molecule has 0 aliphatic carbocycles. The fourth-order valence-corrected chi connectivity index (χ4v) is 9.45. The zero-order valence-corrected chi connectivity index (χ0v) is 45.1. The summed E-state index contributed by atoms with van der Waals surface area (Å²) in [4.78, 5) is 24.6. The van der Waals surface area contributed by atoms with Gasteiger partial charge in [0.1, 0.15) is 23.0 Å². The third kappa shape index (κ3) is 29.8. The Balaban J connectivity index is 0.000000453. The van der Waals surface area contributed by atoms with E-state index in [-0.39, 0.29) is 46.1 Å². The maximum absolute atomic E-state index is 12.3. The standard InChI is InChI=1S/2C28H43O4P.Mg/c2*1-3-5-7-9-11-13-15-25-17-21-27(22-18-25)31-33(29,30)32-28-23-19-26(20-24-28)16-14-12-10-8-6-4-2;/h2*17-24H,3-16H2,1-2H3,(H,29,30);/q;;+2/p-2. The van der Waals surface area contributed by atoms with Crippen LogP contribution < -0.4 is 27.9 Å². The van der Waals surface area contributed by atoms with E-state index in [1.165, 1.54) is 151 Å². The van der Waals surface area contributed by atoms with Crippen LogP contribution in [0, 0.1) is 0 Å². The third-order valence-electron chi connectivity index (χ3n) is 11.8. The van der Waals surface area contributed by atoms with E-state index in [9.17, 15) is 18.9 Å². The van der Waals surface area contributed by atoms with Crippen LogP contribution in [0.1, 0.15) is 204 Å². The van der Waals surface area contributed by atoms with Gasteiger partial charge in [0.05, 0.1) is 0 Å². The van der Waals surface area contributed by atoms with Crippen molar-refractivity contribution in [3.8, 4) is 23.0 Å². The molecule has 67 heavy (non-hydrogen) atoms. The Kier molecular flexibility index (Phi) is 33.4. The molecule has 0 N–H and O–H groups in total. The number of aryl methyl sites for hydroxylation is 4. The normalized spacial score (nSPS) is 11.3. The number of hydrogen-bond donors (Lipinski definition) is 0. The van der Waals surface area contributed by atoms with Crippen molar-refractivity contribution in [3.63, 3.8) is 0 Å². The summed E-state index contributed by atoms with van der Waals surface area (Å²) in [6.07, 6.45) is 34.2. The van der Waals surface area contributed by atoms with Gasteiger partial charge in [-0.25, -0.2) is 9.13 Å². The van der Waals surface area contributed by atoms with Crippen LogP contribution in [0.3, 0.4) is 0 Å². The number of benzene rings is 4. The summed E-state index contributed by atoms with van der Waals surface area (Å²) < 4.78 is 45.2. The molecule has 0 spiro atoms. The number of phosphoric acid groups is 2. The van der Waals surface area contributed by atoms with Gasteiger partial charge in [-0.2, -0.15) is 0 Å². The van der Waals surface area contributed by atoms with Crippen LogP contribution in [0.2, 0.25) is 0 Å². The predicted octanol–water partition coefficient (Wildman–Crippen LogP) is 16.5. The summed E-state index contributed by atoms with van der Waals surface area (Å²) in [7, 11) is -8.98. The van der Waals surface area contributed by atoms with E-state index < -0.39 is 15.6 Å². The van der Waals surface area contributed by atoms with E-state index in [0.29, 0.717) is 0 Å². The Labute approximate surface area is 423 Å². The van der Waals surface area contributed by atoms with Crippen LogP contribution >= 0.6 is 15.6 Å². The molecule has 0 saturated heterocycles. The van der Waals surface area contributed by atoms with Crippen LogP contribution in [-0.4, -0.2) is 23.1 Å². The van der Waals surface area contributed by atoms with Gasteiger partial charge < -0.3 is 27.9 Å². The zero-order valence-electron chi connectivity index (χ0n) is 41.9. The van der Waals surface area contributed by atoms with Gasteiger partial charge in [0.25, 0.3) is 0 Å². The average molecular weight is 972 g/mol. The summed E-state index contributed by atoms with van der Waals surface area (Å²) in [5.41, 5.74) is 4.78. The van der Waals surface area contributed by atoms with Crippen molar-refractivity contribution in [3.05, 3.63) is 119 Å². The molecule has 11 heteroatoms. The largest absolute Gasteiger partial charge is 2.00 e. The SMILES string of the molecule is CCCCCCCCc1ccc(OP(=O)([O-])Oc2ccc(CCCCCCCC)cc2)cc1.CCCCCCCCc1ccc(OP(=O)([O-])Oc2ccc(CCCCCCCC)cc2)cc1.[Mg+2]. The first-order valence-corrected chi connectivity index (χ1v) is 28.7. The van der Waals surface area contributed by atoms with E-state index in [4.69, 9.17) is 18.1 Å². The molecule has 368 valence electrons. The molecule has 0 saturated carbocycles. The van der Waals surface area contributed by atoms with Gasteiger partial charge in [-0.05, 0) is 122 Å². The minimum atomic E-state index is -4.49. The fraction of sp³-hybridized carbons (Fsp3) is 0.571. The summed E-state index contributed by atoms with van der Waals surface area (Å²) in [6, 6.07) is 29.0. The van der Waals surface area contributed by atoms with Crippen LogP contribution in [0.5, 0.6) is 23.0 Å². The number of rotatable bonds is 36. The number of phosphoric ester groups is 2. The Morgan fingerprint density at radius 1 is 0.299 bits per heavy atom. The van der Waals surface area contributed by atoms with Crippen molar-refractivity contribution in [2.75, 3.05) is 0 Å². The second-order valence-electron chi connectivity index (χ2n) is 17.9. The summed E-state index contributed by atoms with van der Waals surface area (Å²) in [5, 5.41) is 0. The maximum Gasteiger partial charge on any atom is 2.00 e. The van der Waals surface area contributed by atoms with E-state index in [1.54, 1.807) is 48.5 Å². The van der Waals surface area contributed by atoms with Gasteiger partial charge in [0, 0.05) is 0 Å². The van der Waals surface area contributed by atoms with Crippen molar-refractivity contribution >= 4 is 38.7 Å². The molecule has 8 nitrogen and oxygen atoms in total. The fourth-order valence-electron chi connectivity index (χ4n) is 7.86. The molecule has 4 aromatic rings. The monoisotopic (exact) mass is 971 g/mol. The summed E-state index contributed by atoms with van der Waals surface area (Å²) in [6.45, 7) is 8.90. The van der Waals surface area contributed by atoms with Gasteiger partial charge in [0.2, 0.25) is 0 Å². The summed E-state index contributed by atoms with van der Waals surface area (Å²) in [5.74, 6) is 1.11. The molecule has 4 aromatic carbocycles. The molecule has 0 unspecified atom stereocenters. The second-order valence-corrected chi connectivity index (χ2v) is 20.4. The molecular weight excluding hydrogens is 887 g/mol. The maximum atomic E-state index is 12.3. The van der Waals surface area contributed by atoms with Gasteiger partial charge >= 0.3 is 38.7 Å². The average Bonchev–Trinajstić information content (AvgIpc) is 3.30. The quantitative estimate of drug-likeness (QED) is 0.0251. The van der Waals surface area contributed by atoms with Crippen LogP contribution in [0.25, 0.3) is 0 Å². The second kappa shape index (κ2) is 37.1. The molecule has 0 heterocycles. The Bertz CT molecular complexity index is 1620. The molecule has 0 aliphatic heterocycles. The van der Waals surface area contributed by atoms with Crippen LogP contribution in [-0.2, 0) is 34.8 Å². The predicted molar refractivity (Wildman–Crippen MR) is 278 cm³/mol. The van der Waals surface area contributed by atoms with Crippen molar-refractivity contribution in [2.45, 2.75) is 207 Å². The van der Waals surface area contributed by atoms with Crippen molar-refractivity contribution in [1.82, 2.24) is 0 Å². The molecule has 0 bridgehead atoms. The van der Waals surface area contributed by atoms with Gasteiger partial charge in [-0.3, -0.25) is 0 Å². The van der Waals surface area contributed by atoms with Gasteiger partial charge in [-0.1, -0.05) is 205 Å². The molecule has 0 fully saturated rings. The minimum Gasteiger partial charge on any atom is -0.736 e. The smallest absolute Gasteiger partial charge is 0.736 e. The van der Waals surface area contributed by atoms with E-state index >= 15 is 0 Å². The molecular formula is C56H84MgO8P2. The Morgan fingerprint density at radius 3 is 0.642 bits per heavy atom. The van der Waals surface area contributed by atoms with E-state index in [2.05, 4.69) is 27.7 Å². The Morgan fingerprint density at radius 2 is 0.463 bits per heavy atom. The first kappa shape index (κ1) is 60.3. The summed E-state index contributed by atoms with van der Waals surface area (Å²) >= 11 is 0. The van der Waals surface area contributed by atoms with Crippen molar-refractivity contribution < 1.29 is 37.0 Å². The first-order chi connectivity index (χ1) is 32.0. The number of unbranched alkanes of at least 4 members (excludes halogenated alkanes) is 20. The van der Waals surface area contributed by atoms with E-state index in [1.807, 2.05) is 48.5 Å². The van der Waals surface area contributed by atoms with Gasteiger partial charge in [0.15, 0.2) is 0 Å². The zero-order chi connectivity index (χ0) is 47.6. The molecule has 0 amide bonds. The molecule has 0 atom stereocenters. The molecule has 0 aromatic heterocycles. The topological polar surface area (TPSA) is 117 Å². The van der Waals surface area contributed by atoms with Crippen molar-refractivity contribution in [1.29, 1.82) is 0 Å². The molecule has 0 radical (unpaired) electrons. The third-order valence-corrected chi connectivity index (χ3v) is 13.6. The molecule has 4 rings (SSSR count). The molecule has 0 aliphatic rings. The first-order valence-electron chi connectivity index (χ1n) is 25.8. The van der Waals surface area contributed by atoms with Crippen LogP contribution in [0.4, 0.5) is 0 Å². The van der Waals surface area contributed by atoms with Gasteiger partial charge in [-0.15, -0.1) is 0 Å². The minimum absolute atomic E-state index is 0. The van der Waals surface area contributed by atoms with Crippen molar-refractivity contribution in [2.24, 2.45) is 0 Å². The number of hydrogen-bond acceptors (Lipinski definition) is 8. The van der Waals surface area contributed by atoms with Crippen LogP contribution in [0.15, 0.2) is 97.1 Å². The van der Waals surface area contributed by atoms with E-state index in [0.717, 1.165) is 51.4 Å². The Hall–Kier alpha value is -2.77.